The van der Waals surface area contributed by atoms with Crippen LogP contribution in [0.2, 0.25) is 0 Å². The van der Waals surface area contributed by atoms with Gasteiger partial charge in [-0.1, -0.05) is 42.5 Å². The Morgan fingerprint density at radius 3 is 2.78 bits per heavy atom. The molecule has 1 saturated heterocycles. The summed E-state index contributed by atoms with van der Waals surface area (Å²) in [5.41, 5.74) is 1.24. The Morgan fingerprint density at radius 1 is 1.22 bits per heavy atom. The fourth-order valence-electron chi connectivity index (χ4n) is 2.84. The highest BCUT2D eigenvalue weighted by Crippen LogP contribution is 2.24. The third-order valence-electron chi connectivity index (χ3n) is 3.87. The van der Waals surface area contributed by atoms with E-state index < -0.39 is 0 Å². The summed E-state index contributed by atoms with van der Waals surface area (Å²) in [6.45, 7) is 6.62. The fraction of sp³-hybridized carbons (Fsp3) is 0.444. The van der Waals surface area contributed by atoms with Crippen LogP contribution in [-0.4, -0.2) is 40.8 Å². The number of aryl methyl sites for hydroxylation is 1. The Bertz CT molecular complexity index is 639. The van der Waals surface area contributed by atoms with Gasteiger partial charge in [0.05, 0.1) is 6.10 Å². The number of ether oxygens (including phenoxy) is 1. The van der Waals surface area contributed by atoms with Crippen molar-refractivity contribution >= 4 is 6.08 Å². The number of aromatic nitrogens is 2. The highest BCUT2D eigenvalue weighted by Gasteiger charge is 2.29. The second-order valence-corrected chi connectivity index (χ2v) is 5.96. The summed E-state index contributed by atoms with van der Waals surface area (Å²) in [4.78, 5) is 2.40. The lowest BCUT2D eigenvalue weighted by Crippen LogP contribution is -2.43. The van der Waals surface area contributed by atoms with Crippen molar-refractivity contribution in [1.82, 2.24) is 15.1 Å². The zero-order valence-electron chi connectivity index (χ0n) is 13.7. The number of morpholine rings is 1. The van der Waals surface area contributed by atoms with E-state index in [0.29, 0.717) is 11.8 Å². The smallest absolute Gasteiger partial charge is 0.246 e. The van der Waals surface area contributed by atoms with E-state index in [-0.39, 0.29) is 12.2 Å². The summed E-state index contributed by atoms with van der Waals surface area (Å²) >= 11 is 0. The van der Waals surface area contributed by atoms with Crippen LogP contribution in [0.4, 0.5) is 0 Å². The van der Waals surface area contributed by atoms with E-state index in [1.807, 2.05) is 6.07 Å². The number of benzene rings is 1. The first-order valence-electron chi connectivity index (χ1n) is 8.10. The zero-order chi connectivity index (χ0) is 16.1. The minimum atomic E-state index is -0.127. The maximum atomic E-state index is 5.94. The van der Waals surface area contributed by atoms with E-state index in [4.69, 9.17) is 9.15 Å². The molecule has 3 rings (SSSR count). The normalized spacial score (nSPS) is 22.7. The van der Waals surface area contributed by atoms with Crippen molar-refractivity contribution in [3.63, 3.8) is 0 Å². The molecule has 2 heterocycles. The van der Waals surface area contributed by atoms with Crippen LogP contribution in [0.5, 0.6) is 0 Å². The largest absolute Gasteiger partial charge is 0.423 e. The van der Waals surface area contributed by atoms with E-state index in [0.717, 1.165) is 26.1 Å². The molecule has 2 aromatic rings. The van der Waals surface area contributed by atoms with Gasteiger partial charge in [-0.15, -0.1) is 10.2 Å². The molecule has 0 N–H and O–H groups in total. The molecule has 2 atom stereocenters. The summed E-state index contributed by atoms with van der Waals surface area (Å²) in [5, 5.41) is 7.99. The second kappa shape index (κ2) is 7.53. The van der Waals surface area contributed by atoms with Crippen LogP contribution >= 0.6 is 0 Å². The summed E-state index contributed by atoms with van der Waals surface area (Å²) in [5.74, 6) is 1.16. The third-order valence-corrected chi connectivity index (χ3v) is 3.87. The number of nitrogens with zero attached hydrogens (tertiary/aromatic N) is 3. The first kappa shape index (κ1) is 15.9. The summed E-state index contributed by atoms with van der Waals surface area (Å²) in [6.07, 6.45) is 5.44. The molecule has 0 unspecified atom stereocenters. The van der Waals surface area contributed by atoms with Crippen molar-refractivity contribution < 1.29 is 9.15 Å². The summed E-state index contributed by atoms with van der Waals surface area (Å²) in [7, 11) is 0. The molecule has 0 amide bonds. The molecule has 1 fully saturated rings. The monoisotopic (exact) mass is 313 g/mol. The van der Waals surface area contributed by atoms with Crippen LogP contribution in [0.25, 0.3) is 6.08 Å². The van der Waals surface area contributed by atoms with Crippen LogP contribution in [0.3, 0.4) is 0 Å². The Hall–Kier alpha value is -1.98. The quantitative estimate of drug-likeness (QED) is 0.848. The molecule has 5 nitrogen and oxygen atoms in total. The van der Waals surface area contributed by atoms with Crippen molar-refractivity contribution in [2.24, 2.45) is 0 Å². The highest BCUT2D eigenvalue weighted by molar-refractivity contribution is 5.48. The van der Waals surface area contributed by atoms with Gasteiger partial charge in [0.1, 0.15) is 6.10 Å². The molecule has 1 aromatic carbocycles. The first-order valence-corrected chi connectivity index (χ1v) is 8.10. The average Bonchev–Trinajstić information content (AvgIpc) is 2.99. The van der Waals surface area contributed by atoms with Gasteiger partial charge in [-0.05, 0) is 18.9 Å². The molecule has 23 heavy (non-hydrogen) atoms. The lowest BCUT2D eigenvalue weighted by molar-refractivity contribution is -0.0889. The van der Waals surface area contributed by atoms with Gasteiger partial charge >= 0.3 is 0 Å². The van der Waals surface area contributed by atoms with Crippen molar-refractivity contribution in [3.8, 4) is 0 Å². The van der Waals surface area contributed by atoms with E-state index >= 15 is 0 Å². The standard InChI is InChI=1S/C18H23N3O2/c1-14-12-21(11-7-6-10-16-8-4-3-5-9-16)13-17(22-14)18-20-19-15(2)23-18/h3-6,8-10,14,17H,7,11-13H2,1-2H3/b10-6+/t14-,17-/m1/s1. The first-order chi connectivity index (χ1) is 11.2. The maximum absolute atomic E-state index is 5.94. The van der Waals surface area contributed by atoms with Gasteiger partial charge in [0.2, 0.25) is 11.8 Å². The van der Waals surface area contributed by atoms with Crippen LogP contribution in [0.15, 0.2) is 40.8 Å². The van der Waals surface area contributed by atoms with Crippen LogP contribution in [-0.2, 0) is 4.74 Å². The van der Waals surface area contributed by atoms with Gasteiger partial charge in [0, 0.05) is 26.6 Å². The van der Waals surface area contributed by atoms with Crippen molar-refractivity contribution in [2.75, 3.05) is 19.6 Å². The van der Waals surface area contributed by atoms with Crippen LogP contribution in [0.1, 0.15) is 36.8 Å². The SMILES string of the molecule is Cc1nnc([C@H]2CN(CC/C=C/c3ccccc3)C[C@@H](C)O2)o1. The molecule has 122 valence electrons. The number of hydrogen-bond acceptors (Lipinski definition) is 5. The Kier molecular flexibility index (Phi) is 5.20. The molecule has 0 saturated carbocycles. The second-order valence-electron chi connectivity index (χ2n) is 5.96. The molecular formula is C18H23N3O2. The van der Waals surface area contributed by atoms with Gasteiger partial charge in [0.15, 0.2) is 0 Å². The topological polar surface area (TPSA) is 51.4 Å². The molecule has 0 radical (unpaired) electrons. The Labute approximate surface area is 137 Å². The maximum Gasteiger partial charge on any atom is 0.246 e. The van der Waals surface area contributed by atoms with Gasteiger partial charge < -0.3 is 9.15 Å². The minimum Gasteiger partial charge on any atom is -0.423 e. The van der Waals surface area contributed by atoms with Crippen LogP contribution < -0.4 is 0 Å². The predicted molar refractivity (Wildman–Crippen MR) is 88.9 cm³/mol. The van der Waals surface area contributed by atoms with Gasteiger partial charge in [-0.25, -0.2) is 0 Å². The average molecular weight is 313 g/mol. The number of hydrogen-bond donors (Lipinski definition) is 0. The highest BCUT2D eigenvalue weighted by atomic mass is 16.5. The molecule has 1 aromatic heterocycles. The fourth-order valence-corrected chi connectivity index (χ4v) is 2.84. The Balaban J connectivity index is 1.52. The summed E-state index contributed by atoms with van der Waals surface area (Å²) in [6, 6.07) is 10.4. The van der Waals surface area contributed by atoms with E-state index in [9.17, 15) is 0 Å². The van der Waals surface area contributed by atoms with Crippen molar-refractivity contribution in [3.05, 3.63) is 53.8 Å². The third kappa shape index (κ3) is 4.50. The van der Waals surface area contributed by atoms with Gasteiger partial charge in [0.25, 0.3) is 0 Å². The van der Waals surface area contributed by atoms with Crippen molar-refractivity contribution in [2.45, 2.75) is 32.5 Å². The molecule has 0 bridgehead atoms. The van der Waals surface area contributed by atoms with Crippen molar-refractivity contribution in [1.29, 1.82) is 0 Å². The van der Waals surface area contributed by atoms with Gasteiger partial charge in [-0.2, -0.15) is 0 Å². The minimum absolute atomic E-state index is 0.127. The Morgan fingerprint density at radius 2 is 2.04 bits per heavy atom. The molecule has 0 spiro atoms. The van der Waals surface area contributed by atoms with E-state index in [2.05, 4.69) is 58.4 Å². The lowest BCUT2D eigenvalue weighted by atomic mass is 10.2. The zero-order valence-corrected chi connectivity index (χ0v) is 13.7. The summed E-state index contributed by atoms with van der Waals surface area (Å²) < 4.78 is 11.5. The molecule has 5 heteroatoms. The lowest BCUT2D eigenvalue weighted by Gasteiger charge is -2.35. The molecule has 0 aliphatic carbocycles. The van der Waals surface area contributed by atoms with Gasteiger partial charge in [-0.3, -0.25) is 4.90 Å². The molecular weight excluding hydrogens is 290 g/mol. The predicted octanol–water partition coefficient (Wildman–Crippen LogP) is 3.24. The van der Waals surface area contributed by atoms with E-state index in [1.165, 1.54) is 5.56 Å². The molecule has 1 aliphatic rings. The van der Waals surface area contributed by atoms with E-state index in [1.54, 1.807) is 6.92 Å². The van der Waals surface area contributed by atoms with Crippen LogP contribution in [0, 0.1) is 6.92 Å². The molecule has 1 aliphatic heterocycles. The number of rotatable bonds is 5.